The van der Waals surface area contributed by atoms with Gasteiger partial charge in [-0.3, -0.25) is 0 Å². The average Bonchev–Trinajstić information content (AvgIpc) is 3.10. The topological polar surface area (TPSA) is 68.6 Å². The zero-order valence-electron chi connectivity index (χ0n) is 14.6. The zero-order chi connectivity index (χ0) is 17.9. The van der Waals surface area contributed by atoms with E-state index in [1.165, 1.54) is 16.9 Å². The molecular weight excluding hydrogens is 348 g/mol. The lowest BCUT2D eigenvalue weighted by molar-refractivity contribution is -0.321. The Morgan fingerprint density at radius 3 is 2.96 bits per heavy atom. The van der Waals surface area contributed by atoms with Crippen LogP contribution in [0.25, 0.3) is 10.2 Å². The lowest BCUT2D eigenvalue weighted by atomic mass is 10.2. The van der Waals surface area contributed by atoms with E-state index in [4.69, 9.17) is 4.74 Å². The molecule has 134 valence electrons. The minimum atomic E-state index is -0.210. The fraction of sp³-hybridized carbons (Fsp3) is 0.316. The van der Waals surface area contributed by atoms with Crippen LogP contribution in [0.2, 0.25) is 0 Å². The molecule has 26 heavy (non-hydrogen) atoms. The highest BCUT2D eigenvalue weighted by atomic mass is 32.1. The summed E-state index contributed by atoms with van der Waals surface area (Å²) in [6.45, 7) is 5.21. The highest BCUT2D eigenvalue weighted by Crippen LogP contribution is 2.24. The van der Waals surface area contributed by atoms with E-state index in [2.05, 4.69) is 45.3 Å². The number of hydrogen-bond acceptors (Lipinski definition) is 5. The fourth-order valence-corrected chi connectivity index (χ4v) is 3.98. The van der Waals surface area contributed by atoms with Crippen LogP contribution in [0.4, 0.5) is 10.8 Å². The molecule has 1 saturated heterocycles. The second kappa shape index (κ2) is 7.39. The van der Waals surface area contributed by atoms with Crippen molar-refractivity contribution in [3.8, 4) is 0 Å². The van der Waals surface area contributed by atoms with Crippen LogP contribution in [-0.4, -0.2) is 37.2 Å². The number of anilines is 2. The van der Waals surface area contributed by atoms with E-state index in [1.54, 1.807) is 6.20 Å². The van der Waals surface area contributed by atoms with Crippen LogP contribution < -0.4 is 15.2 Å². The number of ether oxygens (including phenoxy) is 1. The van der Waals surface area contributed by atoms with E-state index in [-0.39, 0.29) is 5.91 Å². The minimum Gasteiger partial charge on any atom is -0.378 e. The maximum Gasteiger partial charge on any atom is 0.358 e. The number of carbonyl (C=O) groups is 1. The Hall–Kier alpha value is -2.51. The van der Waals surface area contributed by atoms with Gasteiger partial charge in [-0.1, -0.05) is 13.0 Å². The summed E-state index contributed by atoms with van der Waals surface area (Å²) in [7, 11) is 0. The number of nitrogens with zero attached hydrogens (tertiary/aromatic N) is 2. The molecule has 1 aliphatic rings. The van der Waals surface area contributed by atoms with Crippen molar-refractivity contribution in [1.82, 2.24) is 4.98 Å². The number of rotatable bonds is 4. The SMILES string of the molecule is CCc1ccc2[nH+]c(NC(=O)c3cc(N4CCOCC4)ccn3)sc2c1. The van der Waals surface area contributed by atoms with E-state index < -0.39 is 0 Å². The number of aryl methyl sites for hydroxylation is 1. The van der Waals surface area contributed by atoms with E-state index in [9.17, 15) is 4.79 Å². The first-order valence-electron chi connectivity index (χ1n) is 8.78. The lowest BCUT2D eigenvalue weighted by Gasteiger charge is -2.28. The first-order valence-corrected chi connectivity index (χ1v) is 9.59. The van der Waals surface area contributed by atoms with E-state index in [0.717, 1.165) is 40.5 Å². The Balaban J connectivity index is 1.52. The molecule has 1 fully saturated rings. The van der Waals surface area contributed by atoms with Gasteiger partial charge in [0, 0.05) is 25.0 Å². The average molecular weight is 369 g/mol. The van der Waals surface area contributed by atoms with E-state index >= 15 is 0 Å². The Morgan fingerprint density at radius 2 is 2.15 bits per heavy atom. The van der Waals surface area contributed by atoms with Crippen molar-refractivity contribution in [3.63, 3.8) is 0 Å². The Labute approximate surface area is 155 Å². The number of aromatic amines is 1. The molecule has 0 bridgehead atoms. The van der Waals surface area contributed by atoms with Gasteiger partial charge in [-0.05, 0) is 47.6 Å². The fourth-order valence-electron chi connectivity index (χ4n) is 3.02. The summed E-state index contributed by atoms with van der Waals surface area (Å²) in [5.74, 6) is -0.210. The number of carbonyl (C=O) groups excluding carboxylic acids is 1. The van der Waals surface area contributed by atoms with Gasteiger partial charge in [0.15, 0.2) is 5.69 Å². The van der Waals surface area contributed by atoms with Crippen LogP contribution in [0.3, 0.4) is 0 Å². The second-order valence-corrected chi connectivity index (χ2v) is 7.25. The molecule has 7 heteroatoms. The molecule has 0 atom stereocenters. The van der Waals surface area contributed by atoms with Crippen LogP contribution in [0.5, 0.6) is 0 Å². The molecule has 0 radical (unpaired) electrons. The highest BCUT2D eigenvalue weighted by Gasteiger charge is 2.19. The summed E-state index contributed by atoms with van der Waals surface area (Å²) in [5.41, 5.74) is 3.72. The van der Waals surface area contributed by atoms with Gasteiger partial charge in [0.25, 0.3) is 0 Å². The predicted octanol–water partition coefficient (Wildman–Crippen LogP) is 2.76. The molecule has 0 spiro atoms. The number of H-pyrrole nitrogens is 1. The van der Waals surface area contributed by atoms with Gasteiger partial charge in [-0.15, -0.1) is 0 Å². The molecule has 2 aromatic heterocycles. The predicted molar refractivity (Wildman–Crippen MR) is 103 cm³/mol. The number of fused-ring (bicyclic) bond motifs is 1. The highest BCUT2D eigenvalue weighted by molar-refractivity contribution is 7.21. The summed E-state index contributed by atoms with van der Waals surface area (Å²) in [5, 5.41) is 3.65. The van der Waals surface area contributed by atoms with Crippen molar-refractivity contribution in [1.29, 1.82) is 0 Å². The number of aromatic nitrogens is 2. The Bertz CT molecular complexity index is 934. The Morgan fingerprint density at radius 1 is 1.31 bits per heavy atom. The summed E-state index contributed by atoms with van der Waals surface area (Å²) in [6, 6.07) is 10.1. The molecule has 0 saturated carbocycles. The molecule has 1 amide bonds. The third-order valence-corrected chi connectivity index (χ3v) is 5.46. The van der Waals surface area contributed by atoms with E-state index in [1.807, 2.05) is 12.1 Å². The molecule has 6 nitrogen and oxygen atoms in total. The van der Waals surface area contributed by atoms with Crippen molar-refractivity contribution < 1.29 is 14.5 Å². The molecule has 0 aliphatic carbocycles. The summed E-state index contributed by atoms with van der Waals surface area (Å²) in [6.07, 6.45) is 2.68. The van der Waals surface area contributed by atoms with Crippen molar-refractivity contribution in [2.45, 2.75) is 13.3 Å². The van der Waals surface area contributed by atoms with Crippen LogP contribution in [0.1, 0.15) is 23.0 Å². The molecule has 2 N–H and O–H groups in total. The standard InChI is InChI=1S/C19H20N4O2S/c1-2-13-3-4-15-17(11-13)26-19(21-15)22-18(24)16-12-14(5-6-20-16)23-7-9-25-10-8-23/h3-6,11-12H,2,7-10H2,1H3,(H,21,22,24)/p+1. The van der Waals surface area contributed by atoms with E-state index in [0.29, 0.717) is 18.9 Å². The largest absolute Gasteiger partial charge is 0.378 e. The monoisotopic (exact) mass is 369 g/mol. The number of thiazole rings is 1. The molecule has 1 aliphatic heterocycles. The molecule has 4 rings (SSSR count). The van der Waals surface area contributed by atoms with Crippen LogP contribution in [-0.2, 0) is 11.2 Å². The number of hydrogen-bond donors (Lipinski definition) is 1. The number of amides is 1. The van der Waals surface area contributed by atoms with Gasteiger partial charge in [0.2, 0.25) is 0 Å². The lowest BCUT2D eigenvalue weighted by Crippen LogP contribution is -2.36. The van der Waals surface area contributed by atoms with Crippen LogP contribution in [0, 0.1) is 0 Å². The maximum absolute atomic E-state index is 12.6. The summed E-state index contributed by atoms with van der Waals surface area (Å²) in [4.78, 5) is 22.3. The second-order valence-electron chi connectivity index (χ2n) is 6.19. The maximum atomic E-state index is 12.6. The number of morpholine rings is 1. The third-order valence-electron chi connectivity index (χ3n) is 4.49. The number of benzene rings is 1. The first kappa shape index (κ1) is 16.9. The van der Waals surface area contributed by atoms with Gasteiger partial charge >= 0.3 is 11.0 Å². The molecule has 1 aromatic carbocycles. The smallest absolute Gasteiger partial charge is 0.358 e. The van der Waals surface area contributed by atoms with Crippen molar-refractivity contribution in [3.05, 3.63) is 47.8 Å². The van der Waals surface area contributed by atoms with Gasteiger partial charge in [-0.2, -0.15) is 5.32 Å². The molecule has 0 unspecified atom stereocenters. The van der Waals surface area contributed by atoms with Gasteiger partial charge in [0.1, 0.15) is 5.52 Å². The van der Waals surface area contributed by atoms with Gasteiger partial charge in [-0.25, -0.2) is 14.8 Å². The van der Waals surface area contributed by atoms with Gasteiger partial charge in [0.05, 0.1) is 17.9 Å². The normalized spacial score (nSPS) is 14.6. The third kappa shape index (κ3) is 3.54. The van der Waals surface area contributed by atoms with Gasteiger partial charge < -0.3 is 9.64 Å². The number of pyridine rings is 1. The first-order chi connectivity index (χ1) is 12.7. The van der Waals surface area contributed by atoms with Crippen molar-refractivity contribution in [2.24, 2.45) is 0 Å². The quantitative estimate of drug-likeness (QED) is 0.768. The molecule has 3 heterocycles. The number of nitrogens with one attached hydrogen (secondary N) is 2. The zero-order valence-corrected chi connectivity index (χ0v) is 15.4. The Kier molecular flexibility index (Phi) is 4.81. The summed E-state index contributed by atoms with van der Waals surface area (Å²) >= 11 is 1.54. The van der Waals surface area contributed by atoms with Crippen LogP contribution >= 0.6 is 11.3 Å². The van der Waals surface area contributed by atoms with Crippen molar-refractivity contribution in [2.75, 3.05) is 36.5 Å². The molecule has 3 aromatic rings. The van der Waals surface area contributed by atoms with Crippen LogP contribution in [0.15, 0.2) is 36.5 Å². The molecular formula is C19H21N4O2S+. The minimum absolute atomic E-state index is 0.210. The summed E-state index contributed by atoms with van der Waals surface area (Å²) < 4.78 is 6.52. The van der Waals surface area contributed by atoms with Crippen molar-refractivity contribution >= 4 is 38.3 Å².